The maximum Gasteiger partial charge on any atom is 0.264 e. The van der Waals surface area contributed by atoms with E-state index in [9.17, 15) is 18.0 Å². The van der Waals surface area contributed by atoms with Crippen LogP contribution in [0.1, 0.15) is 51.5 Å². The van der Waals surface area contributed by atoms with E-state index in [1.165, 1.54) is 17.0 Å². The van der Waals surface area contributed by atoms with Crippen LogP contribution >= 0.6 is 0 Å². The number of amides is 2. The van der Waals surface area contributed by atoms with E-state index in [4.69, 9.17) is 9.47 Å². The lowest BCUT2D eigenvalue weighted by Gasteiger charge is -2.33. The molecule has 1 N–H and O–H groups in total. The fourth-order valence-corrected chi connectivity index (χ4v) is 6.64. The Morgan fingerprint density at radius 2 is 1.53 bits per heavy atom. The van der Waals surface area contributed by atoms with Gasteiger partial charge in [0.1, 0.15) is 24.1 Å². The first-order chi connectivity index (χ1) is 20.7. The number of hydrogen-bond acceptors (Lipinski definition) is 6. The summed E-state index contributed by atoms with van der Waals surface area (Å²) in [7, 11) is -2.56. The molecule has 4 rings (SSSR count). The maximum atomic E-state index is 14.1. The van der Waals surface area contributed by atoms with Gasteiger partial charge in [0, 0.05) is 12.6 Å². The SMILES string of the molecule is CCOc1ccc(N(CC(=O)N(Cc2ccc(OC)cc2)[C@@H](C)C(=O)NC2CCCCC2)S(=O)(=O)c2ccccc2)cc1. The highest BCUT2D eigenvalue weighted by molar-refractivity contribution is 7.92. The number of carbonyl (C=O) groups excluding carboxylic acids is 2. The van der Waals surface area contributed by atoms with Crippen molar-refractivity contribution in [3.63, 3.8) is 0 Å². The Morgan fingerprint density at radius 3 is 2.14 bits per heavy atom. The van der Waals surface area contributed by atoms with Gasteiger partial charge in [-0.3, -0.25) is 13.9 Å². The molecule has 9 nitrogen and oxygen atoms in total. The first-order valence-electron chi connectivity index (χ1n) is 14.8. The highest BCUT2D eigenvalue weighted by Gasteiger charge is 2.33. The van der Waals surface area contributed by atoms with Gasteiger partial charge in [-0.05, 0) is 80.8 Å². The first-order valence-corrected chi connectivity index (χ1v) is 16.2. The van der Waals surface area contributed by atoms with Crippen LogP contribution in [0.3, 0.4) is 0 Å². The van der Waals surface area contributed by atoms with Crippen molar-refractivity contribution in [2.45, 2.75) is 69.5 Å². The van der Waals surface area contributed by atoms with Gasteiger partial charge in [0.2, 0.25) is 11.8 Å². The summed E-state index contributed by atoms with van der Waals surface area (Å²) in [4.78, 5) is 29.1. The molecule has 0 saturated heterocycles. The molecule has 0 aliphatic heterocycles. The smallest absolute Gasteiger partial charge is 0.264 e. The van der Waals surface area contributed by atoms with Crippen LogP contribution in [0.15, 0.2) is 83.8 Å². The van der Waals surface area contributed by atoms with Crippen LogP contribution in [0, 0.1) is 0 Å². The number of benzene rings is 3. The number of methoxy groups -OCH3 is 1. The summed E-state index contributed by atoms with van der Waals surface area (Å²) in [5.41, 5.74) is 1.09. The fraction of sp³-hybridized carbons (Fsp3) is 0.394. The Balaban J connectivity index is 1.66. The molecule has 1 aliphatic rings. The predicted molar refractivity (Wildman–Crippen MR) is 167 cm³/mol. The standard InChI is InChI=1S/C33H41N3O6S/c1-4-42-30-21-17-28(18-22-30)36(43(39,40)31-13-9-6-10-14-31)24-32(37)35(23-26-15-19-29(41-3)20-16-26)25(2)33(38)34-27-11-7-5-8-12-27/h6,9-10,13-22,25,27H,4-5,7-8,11-12,23-24H2,1-3H3,(H,34,38)/t25-/m0/s1. The van der Waals surface area contributed by atoms with E-state index in [1.807, 2.05) is 19.1 Å². The average Bonchev–Trinajstić information content (AvgIpc) is 3.03. The zero-order valence-electron chi connectivity index (χ0n) is 25.1. The molecule has 0 radical (unpaired) electrons. The molecule has 0 aromatic heterocycles. The van der Waals surface area contributed by atoms with Crippen LogP contribution in [-0.2, 0) is 26.2 Å². The molecule has 0 unspecified atom stereocenters. The molecule has 1 atom stereocenters. The van der Waals surface area contributed by atoms with Crippen LogP contribution in [0.2, 0.25) is 0 Å². The number of sulfonamides is 1. The largest absolute Gasteiger partial charge is 0.497 e. The topological polar surface area (TPSA) is 105 Å². The zero-order chi connectivity index (χ0) is 30.8. The Bertz CT molecular complexity index is 1440. The van der Waals surface area contributed by atoms with E-state index in [0.29, 0.717) is 23.8 Å². The number of nitrogens with one attached hydrogen (secondary N) is 1. The highest BCUT2D eigenvalue weighted by Crippen LogP contribution is 2.27. The van der Waals surface area contributed by atoms with Crippen molar-refractivity contribution in [2.75, 3.05) is 24.6 Å². The molecule has 43 heavy (non-hydrogen) atoms. The van der Waals surface area contributed by atoms with E-state index in [1.54, 1.807) is 68.6 Å². The van der Waals surface area contributed by atoms with Gasteiger partial charge in [-0.2, -0.15) is 0 Å². The maximum absolute atomic E-state index is 14.1. The number of hydrogen-bond donors (Lipinski definition) is 1. The molecule has 3 aromatic rings. The minimum Gasteiger partial charge on any atom is -0.497 e. The van der Waals surface area contributed by atoms with E-state index >= 15 is 0 Å². The second kappa shape index (κ2) is 14.9. The minimum absolute atomic E-state index is 0.0569. The number of anilines is 1. The minimum atomic E-state index is -4.13. The molecule has 0 bridgehead atoms. The second-order valence-electron chi connectivity index (χ2n) is 10.6. The summed E-state index contributed by atoms with van der Waals surface area (Å²) >= 11 is 0. The van der Waals surface area contributed by atoms with E-state index in [-0.39, 0.29) is 23.4 Å². The molecular weight excluding hydrogens is 566 g/mol. The van der Waals surface area contributed by atoms with Crippen molar-refractivity contribution in [3.8, 4) is 11.5 Å². The lowest BCUT2D eigenvalue weighted by molar-refractivity contribution is -0.139. The zero-order valence-corrected chi connectivity index (χ0v) is 25.9. The summed E-state index contributed by atoms with van der Waals surface area (Å²) in [5.74, 6) is 0.493. The van der Waals surface area contributed by atoms with Gasteiger partial charge in [-0.25, -0.2) is 8.42 Å². The summed E-state index contributed by atoms with van der Waals surface area (Å²) in [6, 6.07) is 21.0. The van der Waals surface area contributed by atoms with Gasteiger partial charge in [0.25, 0.3) is 10.0 Å². The number of ether oxygens (including phenoxy) is 2. The third-order valence-corrected chi connectivity index (χ3v) is 9.46. The normalized spacial score (nSPS) is 14.4. The molecule has 0 spiro atoms. The highest BCUT2D eigenvalue weighted by atomic mass is 32.2. The third kappa shape index (κ3) is 8.28. The van der Waals surface area contributed by atoms with Crippen LogP contribution < -0.4 is 19.1 Å². The molecule has 230 valence electrons. The number of nitrogens with zero attached hydrogens (tertiary/aromatic N) is 2. The van der Waals surface area contributed by atoms with Crippen molar-refractivity contribution < 1.29 is 27.5 Å². The molecule has 3 aromatic carbocycles. The van der Waals surface area contributed by atoms with Crippen molar-refractivity contribution in [3.05, 3.63) is 84.4 Å². The van der Waals surface area contributed by atoms with Crippen LogP contribution in [-0.4, -0.2) is 57.5 Å². The van der Waals surface area contributed by atoms with E-state index in [2.05, 4.69) is 5.32 Å². The Hall–Kier alpha value is -4.05. The Kier molecular flexibility index (Phi) is 11.1. The molecule has 0 heterocycles. The van der Waals surface area contributed by atoms with Gasteiger partial charge in [0.05, 0.1) is 24.3 Å². The quantitative estimate of drug-likeness (QED) is 0.288. The van der Waals surface area contributed by atoms with Crippen LogP contribution in [0.25, 0.3) is 0 Å². The first kappa shape index (κ1) is 31.9. The van der Waals surface area contributed by atoms with Gasteiger partial charge in [-0.1, -0.05) is 49.6 Å². The average molecular weight is 608 g/mol. The van der Waals surface area contributed by atoms with Crippen LogP contribution in [0.4, 0.5) is 5.69 Å². The molecular formula is C33H41N3O6S. The van der Waals surface area contributed by atoms with Crippen molar-refractivity contribution in [1.82, 2.24) is 10.2 Å². The number of rotatable bonds is 13. The Morgan fingerprint density at radius 1 is 0.907 bits per heavy atom. The summed E-state index contributed by atoms with van der Waals surface area (Å²) in [6.45, 7) is 3.63. The third-order valence-electron chi connectivity index (χ3n) is 7.68. The van der Waals surface area contributed by atoms with E-state index < -0.39 is 28.5 Å². The van der Waals surface area contributed by atoms with Crippen molar-refractivity contribution >= 4 is 27.5 Å². The van der Waals surface area contributed by atoms with Crippen molar-refractivity contribution in [1.29, 1.82) is 0 Å². The molecule has 10 heteroatoms. The molecule has 2 amide bonds. The monoisotopic (exact) mass is 607 g/mol. The van der Waals surface area contributed by atoms with Crippen LogP contribution in [0.5, 0.6) is 11.5 Å². The number of carbonyl (C=O) groups is 2. The van der Waals surface area contributed by atoms with Gasteiger partial charge >= 0.3 is 0 Å². The van der Waals surface area contributed by atoms with Crippen molar-refractivity contribution in [2.24, 2.45) is 0 Å². The van der Waals surface area contributed by atoms with Gasteiger partial charge in [-0.15, -0.1) is 0 Å². The summed E-state index contributed by atoms with van der Waals surface area (Å²) in [5, 5.41) is 3.12. The van der Waals surface area contributed by atoms with E-state index in [0.717, 1.165) is 42.0 Å². The van der Waals surface area contributed by atoms with Gasteiger partial charge in [0.15, 0.2) is 0 Å². The predicted octanol–water partition coefficient (Wildman–Crippen LogP) is 5.16. The molecule has 1 aliphatic carbocycles. The molecule has 1 fully saturated rings. The lowest BCUT2D eigenvalue weighted by Crippen LogP contribution is -2.53. The summed E-state index contributed by atoms with van der Waals surface area (Å²) in [6.07, 6.45) is 5.09. The lowest BCUT2D eigenvalue weighted by atomic mass is 9.95. The second-order valence-corrected chi connectivity index (χ2v) is 12.5. The fourth-order valence-electron chi connectivity index (χ4n) is 5.20. The Labute approximate surface area is 254 Å². The van der Waals surface area contributed by atoms with Gasteiger partial charge < -0.3 is 19.7 Å². The summed E-state index contributed by atoms with van der Waals surface area (Å²) < 4.78 is 39.8. The molecule has 1 saturated carbocycles.